The Balaban J connectivity index is 1.88. The molecule has 1 fully saturated rings. The van der Waals surface area contributed by atoms with Crippen LogP contribution in [0.5, 0.6) is 0 Å². The van der Waals surface area contributed by atoms with E-state index in [4.69, 9.17) is 0 Å². The van der Waals surface area contributed by atoms with Crippen LogP contribution in [0.3, 0.4) is 0 Å². The molecule has 1 N–H and O–H groups in total. The zero-order valence-corrected chi connectivity index (χ0v) is 8.96. The summed E-state index contributed by atoms with van der Waals surface area (Å²) in [4.78, 5) is 4.09. The van der Waals surface area contributed by atoms with Crippen molar-refractivity contribution in [3.63, 3.8) is 0 Å². The number of hydrogen-bond donors (Lipinski definition) is 1. The number of nitrogens with one attached hydrogen (secondary N) is 1. The summed E-state index contributed by atoms with van der Waals surface area (Å²) in [5, 5.41) is 3.60. The van der Waals surface area contributed by atoms with Gasteiger partial charge in [-0.1, -0.05) is 6.92 Å². The lowest BCUT2D eigenvalue weighted by Gasteiger charge is -2.34. The van der Waals surface area contributed by atoms with Gasteiger partial charge in [-0.2, -0.15) is 0 Å². The molecule has 0 saturated heterocycles. The highest BCUT2D eigenvalue weighted by atomic mass is 14.9. The Bertz CT molecular complexity index is 309. The Hall–Kier alpha value is -0.890. The van der Waals surface area contributed by atoms with Crippen molar-refractivity contribution in [3.8, 4) is 0 Å². The van der Waals surface area contributed by atoms with Crippen molar-refractivity contribution < 1.29 is 0 Å². The van der Waals surface area contributed by atoms with E-state index >= 15 is 0 Å². The van der Waals surface area contributed by atoms with E-state index in [-0.39, 0.29) is 0 Å². The fourth-order valence-corrected chi connectivity index (χ4v) is 1.91. The van der Waals surface area contributed by atoms with E-state index in [0.717, 1.165) is 18.5 Å². The Morgan fingerprint density at radius 3 is 2.93 bits per heavy atom. The first kappa shape index (κ1) is 9.66. The van der Waals surface area contributed by atoms with Crippen molar-refractivity contribution in [2.45, 2.75) is 39.3 Å². The number of aromatic nitrogens is 1. The first-order valence-electron chi connectivity index (χ1n) is 5.40. The molecule has 76 valence electrons. The molecule has 1 aliphatic carbocycles. The molecule has 2 heteroatoms. The summed E-state index contributed by atoms with van der Waals surface area (Å²) in [7, 11) is 0. The molecule has 0 amide bonds. The molecule has 2 rings (SSSR count). The smallest absolute Gasteiger partial charge is 0.0300 e. The predicted molar refractivity (Wildman–Crippen MR) is 58.0 cm³/mol. The predicted octanol–water partition coefficient (Wildman–Crippen LogP) is 2.28. The van der Waals surface area contributed by atoms with Crippen molar-refractivity contribution in [2.24, 2.45) is 5.92 Å². The van der Waals surface area contributed by atoms with Gasteiger partial charge in [0, 0.05) is 25.0 Å². The number of rotatable bonds is 3. The van der Waals surface area contributed by atoms with Gasteiger partial charge in [-0.05, 0) is 42.9 Å². The first-order valence-corrected chi connectivity index (χ1v) is 5.40. The van der Waals surface area contributed by atoms with E-state index in [0.29, 0.717) is 0 Å². The lowest BCUT2D eigenvalue weighted by atomic mass is 9.81. The molecule has 0 bridgehead atoms. The highest BCUT2D eigenvalue weighted by Crippen LogP contribution is 2.26. The van der Waals surface area contributed by atoms with Gasteiger partial charge < -0.3 is 5.32 Å². The topological polar surface area (TPSA) is 24.9 Å². The molecule has 2 atom stereocenters. The van der Waals surface area contributed by atoms with Gasteiger partial charge in [-0.3, -0.25) is 4.98 Å². The standard InChI is InChI=1S/C12H18N2/c1-9-3-4-12(9)14-8-11-5-6-13-7-10(11)2/h5-7,9,12,14H,3-4,8H2,1-2H3. The van der Waals surface area contributed by atoms with Crippen molar-refractivity contribution in [1.82, 2.24) is 10.3 Å². The monoisotopic (exact) mass is 190 g/mol. The van der Waals surface area contributed by atoms with Gasteiger partial charge in [0.2, 0.25) is 0 Å². The minimum absolute atomic E-state index is 0.738. The Labute approximate surface area is 85.7 Å². The lowest BCUT2D eigenvalue weighted by molar-refractivity contribution is 0.228. The quantitative estimate of drug-likeness (QED) is 0.791. The Morgan fingerprint density at radius 2 is 2.36 bits per heavy atom. The van der Waals surface area contributed by atoms with E-state index in [1.807, 2.05) is 12.4 Å². The maximum Gasteiger partial charge on any atom is 0.0300 e. The zero-order valence-electron chi connectivity index (χ0n) is 8.96. The summed E-state index contributed by atoms with van der Waals surface area (Å²) in [6.07, 6.45) is 6.52. The summed E-state index contributed by atoms with van der Waals surface area (Å²) in [5.41, 5.74) is 2.66. The third-order valence-electron chi connectivity index (χ3n) is 3.31. The summed E-state index contributed by atoms with van der Waals surface area (Å²) in [6, 6.07) is 2.84. The Morgan fingerprint density at radius 1 is 1.50 bits per heavy atom. The van der Waals surface area contributed by atoms with E-state index in [2.05, 4.69) is 30.2 Å². The normalized spacial score (nSPS) is 25.9. The van der Waals surface area contributed by atoms with Crippen molar-refractivity contribution in [2.75, 3.05) is 0 Å². The number of nitrogens with zero attached hydrogens (tertiary/aromatic N) is 1. The van der Waals surface area contributed by atoms with Crippen LogP contribution in [0.25, 0.3) is 0 Å². The maximum absolute atomic E-state index is 4.09. The highest BCUT2D eigenvalue weighted by molar-refractivity contribution is 5.21. The molecule has 0 radical (unpaired) electrons. The highest BCUT2D eigenvalue weighted by Gasteiger charge is 2.25. The second-order valence-electron chi connectivity index (χ2n) is 4.34. The van der Waals surface area contributed by atoms with Gasteiger partial charge in [-0.15, -0.1) is 0 Å². The fraction of sp³-hybridized carbons (Fsp3) is 0.583. The van der Waals surface area contributed by atoms with Gasteiger partial charge in [-0.25, -0.2) is 0 Å². The van der Waals surface area contributed by atoms with E-state index in [9.17, 15) is 0 Å². The van der Waals surface area contributed by atoms with Crippen LogP contribution in [0.2, 0.25) is 0 Å². The van der Waals surface area contributed by atoms with Crippen molar-refractivity contribution in [1.29, 1.82) is 0 Å². The largest absolute Gasteiger partial charge is 0.310 e. The Kier molecular flexibility index (Phi) is 2.82. The summed E-state index contributed by atoms with van der Waals surface area (Å²) < 4.78 is 0. The lowest BCUT2D eigenvalue weighted by Crippen LogP contribution is -2.42. The molecule has 2 unspecified atom stereocenters. The van der Waals surface area contributed by atoms with Crippen LogP contribution in [-0.4, -0.2) is 11.0 Å². The average Bonchev–Trinajstić information content (AvgIpc) is 2.19. The molecule has 0 aliphatic heterocycles. The third-order valence-corrected chi connectivity index (χ3v) is 3.31. The van der Waals surface area contributed by atoms with E-state index in [1.165, 1.54) is 24.0 Å². The maximum atomic E-state index is 4.09. The summed E-state index contributed by atoms with van der Waals surface area (Å²) in [5.74, 6) is 0.858. The molecule has 0 spiro atoms. The zero-order chi connectivity index (χ0) is 9.97. The summed E-state index contributed by atoms with van der Waals surface area (Å²) in [6.45, 7) is 5.43. The van der Waals surface area contributed by atoms with Crippen LogP contribution < -0.4 is 5.32 Å². The van der Waals surface area contributed by atoms with Gasteiger partial charge in [0.1, 0.15) is 0 Å². The van der Waals surface area contributed by atoms with Crippen LogP contribution in [0.15, 0.2) is 18.5 Å². The van der Waals surface area contributed by atoms with Gasteiger partial charge >= 0.3 is 0 Å². The fourth-order valence-electron chi connectivity index (χ4n) is 1.91. The molecule has 1 saturated carbocycles. The second-order valence-corrected chi connectivity index (χ2v) is 4.34. The van der Waals surface area contributed by atoms with Crippen LogP contribution in [-0.2, 0) is 6.54 Å². The molecule has 0 aromatic carbocycles. The molecule has 14 heavy (non-hydrogen) atoms. The summed E-state index contributed by atoms with van der Waals surface area (Å²) >= 11 is 0. The molecular formula is C12H18N2. The second kappa shape index (κ2) is 4.09. The molecule has 2 nitrogen and oxygen atoms in total. The van der Waals surface area contributed by atoms with Crippen LogP contribution in [0.1, 0.15) is 30.9 Å². The molecule has 1 heterocycles. The molecule has 1 aromatic rings. The molecule has 1 aromatic heterocycles. The number of pyridine rings is 1. The SMILES string of the molecule is Cc1cnccc1CNC1CCC1C. The molecular weight excluding hydrogens is 172 g/mol. The minimum Gasteiger partial charge on any atom is -0.310 e. The van der Waals surface area contributed by atoms with Crippen LogP contribution >= 0.6 is 0 Å². The number of aryl methyl sites for hydroxylation is 1. The molecule has 1 aliphatic rings. The van der Waals surface area contributed by atoms with Gasteiger partial charge in [0.05, 0.1) is 0 Å². The van der Waals surface area contributed by atoms with Crippen LogP contribution in [0.4, 0.5) is 0 Å². The minimum atomic E-state index is 0.738. The van der Waals surface area contributed by atoms with Crippen molar-refractivity contribution in [3.05, 3.63) is 29.6 Å². The third kappa shape index (κ3) is 1.95. The van der Waals surface area contributed by atoms with E-state index in [1.54, 1.807) is 0 Å². The first-order chi connectivity index (χ1) is 6.77. The van der Waals surface area contributed by atoms with Gasteiger partial charge in [0.15, 0.2) is 0 Å². The van der Waals surface area contributed by atoms with Crippen LogP contribution in [0, 0.1) is 12.8 Å². The van der Waals surface area contributed by atoms with Gasteiger partial charge in [0.25, 0.3) is 0 Å². The average molecular weight is 190 g/mol. The number of hydrogen-bond acceptors (Lipinski definition) is 2. The van der Waals surface area contributed by atoms with E-state index < -0.39 is 0 Å². The van der Waals surface area contributed by atoms with Crippen molar-refractivity contribution >= 4 is 0 Å².